The van der Waals surface area contributed by atoms with E-state index >= 15 is 0 Å². The van der Waals surface area contributed by atoms with E-state index in [1.54, 1.807) is 6.92 Å². The van der Waals surface area contributed by atoms with Crippen LogP contribution in [0.1, 0.15) is 83.1 Å². The number of carbonyl (C=O) groups excluding carboxylic acids is 1. The summed E-state index contributed by atoms with van der Waals surface area (Å²) in [4.78, 5) is 10.8. The number of Topliss-reactive ketones (excluding diaryl/α,β-unsaturated/α-hetero) is 1. The highest BCUT2D eigenvalue weighted by Crippen LogP contribution is 2.12. The summed E-state index contributed by atoms with van der Waals surface area (Å²) in [6.45, 7) is 1.69. The summed E-state index contributed by atoms with van der Waals surface area (Å²) in [5.41, 5.74) is 1.48. The van der Waals surface area contributed by atoms with E-state index in [4.69, 9.17) is 0 Å². The second-order valence-corrected chi connectivity index (χ2v) is 6.22. The van der Waals surface area contributed by atoms with Gasteiger partial charge in [0.05, 0.1) is 0 Å². The Morgan fingerprint density at radius 2 is 1.19 bits per heavy atom. The average molecular weight is 288 g/mol. The largest absolute Gasteiger partial charge is 0.300 e. The van der Waals surface area contributed by atoms with Gasteiger partial charge < -0.3 is 4.79 Å². The molecule has 0 saturated heterocycles. The molecule has 0 atom stereocenters. The SMILES string of the molecule is CC(=O)CCCCCCCCCCCCc1ccccc1. The van der Waals surface area contributed by atoms with Gasteiger partial charge in [-0.25, -0.2) is 0 Å². The predicted molar refractivity (Wildman–Crippen MR) is 91.6 cm³/mol. The van der Waals surface area contributed by atoms with E-state index in [9.17, 15) is 4.79 Å². The van der Waals surface area contributed by atoms with Crippen LogP contribution in [0.3, 0.4) is 0 Å². The van der Waals surface area contributed by atoms with E-state index in [0.717, 1.165) is 12.8 Å². The fraction of sp³-hybridized carbons (Fsp3) is 0.650. The number of benzene rings is 1. The van der Waals surface area contributed by atoms with Gasteiger partial charge in [-0.1, -0.05) is 81.7 Å². The van der Waals surface area contributed by atoms with Crippen LogP contribution >= 0.6 is 0 Å². The fourth-order valence-electron chi connectivity index (χ4n) is 2.76. The number of rotatable bonds is 13. The van der Waals surface area contributed by atoms with Crippen molar-refractivity contribution in [3.05, 3.63) is 35.9 Å². The van der Waals surface area contributed by atoms with E-state index in [-0.39, 0.29) is 0 Å². The van der Waals surface area contributed by atoms with Gasteiger partial charge in [0.2, 0.25) is 0 Å². The molecule has 0 bridgehead atoms. The first-order chi connectivity index (χ1) is 10.3. The van der Waals surface area contributed by atoms with Crippen molar-refractivity contribution >= 4 is 5.78 Å². The molecule has 0 unspecified atom stereocenters. The third-order valence-electron chi connectivity index (χ3n) is 4.09. The third kappa shape index (κ3) is 11.2. The van der Waals surface area contributed by atoms with E-state index in [1.807, 2.05) is 0 Å². The molecule has 1 rings (SSSR count). The number of unbranched alkanes of at least 4 members (excludes halogenated alkanes) is 9. The fourth-order valence-corrected chi connectivity index (χ4v) is 2.76. The molecule has 1 nitrogen and oxygen atoms in total. The lowest BCUT2D eigenvalue weighted by atomic mass is 10.0. The molecular weight excluding hydrogens is 256 g/mol. The molecule has 1 heteroatoms. The Hall–Kier alpha value is -1.11. The van der Waals surface area contributed by atoms with E-state index in [0.29, 0.717) is 5.78 Å². The van der Waals surface area contributed by atoms with Crippen LogP contribution < -0.4 is 0 Å². The molecular formula is C20H32O. The lowest BCUT2D eigenvalue weighted by Gasteiger charge is -2.03. The van der Waals surface area contributed by atoms with Crippen LogP contribution in [-0.4, -0.2) is 5.78 Å². The lowest BCUT2D eigenvalue weighted by Crippen LogP contribution is -1.89. The van der Waals surface area contributed by atoms with Crippen LogP contribution in [0.4, 0.5) is 0 Å². The molecule has 0 spiro atoms. The highest BCUT2D eigenvalue weighted by Gasteiger charge is 1.96. The molecule has 21 heavy (non-hydrogen) atoms. The highest BCUT2D eigenvalue weighted by atomic mass is 16.1. The van der Waals surface area contributed by atoms with Crippen LogP contribution in [-0.2, 0) is 11.2 Å². The summed E-state index contributed by atoms with van der Waals surface area (Å²) in [7, 11) is 0. The van der Waals surface area contributed by atoms with Gasteiger partial charge >= 0.3 is 0 Å². The predicted octanol–water partition coefficient (Wildman–Crippen LogP) is 6.11. The number of carbonyl (C=O) groups is 1. The molecule has 1 aromatic carbocycles. The quantitative estimate of drug-likeness (QED) is 0.400. The van der Waals surface area contributed by atoms with Crippen LogP contribution in [0.5, 0.6) is 0 Å². The average Bonchev–Trinajstić information content (AvgIpc) is 2.49. The van der Waals surface area contributed by atoms with Crippen LogP contribution in [0.15, 0.2) is 30.3 Å². The van der Waals surface area contributed by atoms with Crippen molar-refractivity contribution in [1.82, 2.24) is 0 Å². The van der Waals surface area contributed by atoms with Gasteiger partial charge in [-0.05, 0) is 31.7 Å². The Morgan fingerprint density at radius 1 is 0.714 bits per heavy atom. The molecule has 0 heterocycles. The minimum Gasteiger partial charge on any atom is -0.300 e. The van der Waals surface area contributed by atoms with Gasteiger partial charge in [0.15, 0.2) is 0 Å². The van der Waals surface area contributed by atoms with Crippen LogP contribution in [0, 0.1) is 0 Å². The van der Waals surface area contributed by atoms with Crippen molar-refractivity contribution in [3.63, 3.8) is 0 Å². The Balaban J connectivity index is 1.78. The first-order valence-electron chi connectivity index (χ1n) is 8.82. The zero-order valence-electron chi connectivity index (χ0n) is 13.8. The Kier molecular flexibility index (Phi) is 10.8. The summed E-state index contributed by atoms with van der Waals surface area (Å²) in [5, 5.41) is 0. The Bertz CT molecular complexity index is 355. The van der Waals surface area contributed by atoms with E-state index in [2.05, 4.69) is 30.3 Å². The minimum atomic E-state index is 0.338. The second-order valence-electron chi connectivity index (χ2n) is 6.22. The molecule has 0 amide bonds. The molecule has 0 fully saturated rings. The van der Waals surface area contributed by atoms with Gasteiger partial charge in [0.1, 0.15) is 5.78 Å². The minimum absolute atomic E-state index is 0.338. The molecule has 0 saturated carbocycles. The summed E-state index contributed by atoms with van der Waals surface area (Å²) in [6.07, 6.45) is 15.2. The third-order valence-corrected chi connectivity index (χ3v) is 4.09. The number of aryl methyl sites for hydroxylation is 1. The summed E-state index contributed by atoms with van der Waals surface area (Å²) in [5.74, 6) is 0.338. The zero-order chi connectivity index (χ0) is 15.2. The smallest absolute Gasteiger partial charge is 0.129 e. The highest BCUT2D eigenvalue weighted by molar-refractivity contribution is 5.75. The lowest BCUT2D eigenvalue weighted by molar-refractivity contribution is -0.117. The number of hydrogen-bond acceptors (Lipinski definition) is 1. The van der Waals surface area contributed by atoms with Gasteiger partial charge in [0, 0.05) is 6.42 Å². The standard InChI is InChI=1S/C20H32O/c1-19(21)15-11-8-6-4-2-3-5-7-9-12-16-20-17-13-10-14-18-20/h10,13-14,17-18H,2-9,11-12,15-16H2,1H3. The molecule has 0 radical (unpaired) electrons. The van der Waals surface area contributed by atoms with Gasteiger partial charge in [-0.3, -0.25) is 0 Å². The van der Waals surface area contributed by atoms with E-state index < -0.39 is 0 Å². The molecule has 0 aliphatic heterocycles. The second kappa shape index (κ2) is 12.6. The first-order valence-corrected chi connectivity index (χ1v) is 8.82. The molecule has 0 aliphatic rings. The van der Waals surface area contributed by atoms with Crippen LogP contribution in [0.25, 0.3) is 0 Å². The number of hydrogen-bond donors (Lipinski definition) is 0. The maximum Gasteiger partial charge on any atom is 0.129 e. The molecule has 1 aromatic rings. The van der Waals surface area contributed by atoms with Crippen molar-refractivity contribution < 1.29 is 4.79 Å². The van der Waals surface area contributed by atoms with Crippen molar-refractivity contribution in [3.8, 4) is 0 Å². The van der Waals surface area contributed by atoms with Gasteiger partial charge in [-0.2, -0.15) is 0 Å². The summed E-state index contributed by atoms with van der Waals surface area (Å²) < 4.78 is 0. The van der Waals surface area contributed by atoms with Crippen molar-refractivity contribution in [2.24, 2.45) is 0 Å². The van der Waals surface area contributed by atoms with Crippen LogP contribution in [0.2, 0.25) is 0 Å². The number of ketones is 1. The van der Waals surface area contributed by atoms with Crippen molar-refractivity contribution in [1.29, 1.82) is 0 Å². The zero-order valence-corrected chi connectivity index (χ0v) is 13.8. The van der Waals surface area contributed by atoms with Gasteiger partial charge in [0.25, 0.3) is 0 Å². The summed E-state index contributed by atoms with van der Waals surface area (Å²) in [6, 6.07) is 10.8. The molecule has 0 aliphatic carbocycles. The summed E-state index contributed by atoms with van der Waals surface area (Å²) >= 11 is 0. The topological polar surface area (TPSA) is 17.1 Å². The van der Waals surface area contributed by atoms with Gasteiger partial charge in [-0.15, -0.1) is 0 Å². The Morgan fingerprint density at radius 3 is 1.71 bits per heavy atom. The first kappa shape index (κ1) is 17.9. The normalized spacial score (nSPS) is 10.7. The molecule has 0 aromatic heterocycles. The molecule has 118 valence electrons. The molecule has 0 N–H and O–H groups in total. The monoisotopic (exact) mass is 288 g/mol. The van der Waals surface area contributed by atoms with E-state index in [1.165, 1.54) is 69.8 Å². The maximum atomic E-state index is 10.8. The van der Waals surface area contributed by atoms with Crippen molar-refractivity contribution in [2.45, 2.75) is 84.0 Å². The van der Waals surface area contributed by atoms with Crippen molar-refractivity contribution in [2.75, 3.05) is 0 Å². The Labute approximate surface area is 131 Å². The maximum absolute atomic E-state index is 10.8.